The number of benzene rings is 1. The van der Waals surface area contributed by atoms with Crippen LogP contribution in [0.5, 0.6) is 0 Å². The second kappa shape index (κ2) is 2.17. The number of nitrogen functional groups attached to an aromatic ring is 1. The summed E-state index contributed by atoms with van der Waals surface area (Å²) in [6.07, 6.45) is 0. The number of anilines is 1. The minimum absolute atomic E-state index is 0.0457. The summed E-state index contributed by atoms with van der Waals surface area (Å²) >= 11 is 0. The number of H-pyrrole nitrogens is 1. The van der Waals surface area contributed by atoms with Gasteiger partial charge in [-0.1, -0.05) is 0 Å². The van der Waals surface area contributed by atoms with E-state index in [0.717, 1.165) is 5.56 Å². The van der Waals surface area contributed by atoms with Gasteiger partial charge in [-0.2, -0.15) is 15.4 Å². The maximum Gasteiger partial charge on any atom is 0.148 e. The van der Waals surface area contributed by atoms with Crippen LogP contribution in [0.15, 0.2) is 6.07 Å². The van der Waals surface area contributed by atoms with Gasteiger partial charge in [0, 0.05) is 0 Å². The lowest BCUT2D eigenvalue weighted by atomic mass is 10.2. The third-order valence-corrected chi connectivity index (χ3v) is 1.78. The van der Waals surface area contributed by atoms with Gasteiger partial charge in [-0.05, 0) is 18.6 Å². The number of aromatic nitrogens is 3. The van der Waals surface area contributed by atoms with E-state index in [1.165, 1.54) is 6.07 Å². The third-order valence-electron chi connectivity index (χ3n) is 1.78. The van der Waals surface area contributed by atoms with E-state index >= 15 is 0 Å². The van der Waals surface area contributed by atoms with Gasteiger partial charge in [0.25, 0.3) is 0 Å². The Bertz CT molecular complexity index is 434. The van der Waals surface area contributed by atoms with Crippen molar-refractivity contribution in [1.29, 1.82) is 0 Å². The number of nitrogens with two attached hydrogens (primary N) is 1. The molecule has 0 amide bonds. The summed E-state index contributed by atoms with van der Waals surface area (Å²) in [5.74, 6) is -0.450. The van der Waals surface area contributed by atoms with Gasteiger partial charge in [0.2, 0.25) is 0 Å². The van der Waals surface area contributed by atoms with Crippen LogP contribution >= 0.6 is 0 Å². The Morgan fingerprint density at radius 2 is 2.08 bits per heavy atom. The lowest BCUT2D eigenvalue weighted by Crippen LogP contribution is -1.93. The first-order chi connectivity index (χ1) is 5.70. The largest absolute Gasteiger partial charge is 0.394 e. The molecular formula is C7H7FN4. The van der Waals surface area contributed by atoms with Crippen molar-refractivity contribution in [3.8, 4) is 0 Å². The molecule has 1 aromatic heterocycles. The van der Waals surface area contributed by atoms with E-state index in [1.807, 2.05) is 0 Å². The smallest absolute Gasteiger partial charge is 0.148 e. The molecule has 0 aliphatic heterocycles. The summed E-state index contributed by atoms with van der Waals surface area (Å²) in [7, 11) is 0. The molecule has 0 saturated carbocycles. The van der Waals surface area contributed by atoms with Crippen molar-refractivity contribution >= 4 is 16.7 Å². The van der Waals surface area contributed by atoms with E-state index in [4.69, 9.17) is 5.73 Å². The van der Waals surface area contributed by atoms with Crippen molar-refractivity contribution in [1.82, 2.24) is 15.4 Å². The zero-order valence-electron chi connectivity index (χ0n) is 6.43. The van der Waals surface area contributed by atoms with E-state index in [1.54, 1.807) is 6.92 Å². The molecule has 0 bridgehead atoms. The average molecular weight is 166 g/mol. The summed E-state index contributed by atoms with van der Waals surface area (Å²) in [5.41, 5.74) is 7.22. The molecule has 0 atom stereocenters. The Morgan fingerprint density at radius 3 is 2.83 bits per heavy atom. The molecule has 0 spiro atoms. The van der Waals surface area contributed by atoms with E-state index in [9.17, 15) is 4.39 Å². The van der Waals surface area contributed by atoms with Crippen LogP contribution in [0.3, 0.4) is 0 Å². The van der Waals surface area contributed by atoms with Crippen molar-refractivity contribution in [2.45, 2.75) is 6.92 Å². The molecule has 1 aromatic carbocycles. The molecule has 0 radical (unpaired) electrons. The molecule has 2 aromatic rings. The number of halogens is 1. The van der Waals surface area contributed by atoms with Crippen molar-refractivity contribution in [3.63, 3.8) is 0 Å². The number of nitrogens with zero attached hydrogens (tertiary/aromatic N) is 2. The molecule has 1 heterocycles. The SMILES string of the molecule is Cc1cc(F)c(N)c2n[nH]nc12. The topological polar surface area (TPSA) is 67.6 Å². The first kappa shape index (κ1) is 7.02. The summed E-state index contributed by atoms with van der Waals surface area (Å²) in [5, 5.41) is 9.98. The van der Waals surface area contributed by atoms with E-state index in [0.29, 0.717) is 11.0 Å². The highest BCUT2D eigenvalue weighted by Crippen LogP contribution is 2.22. The number of hydrogen-bond donors (Lipinski definition) is 2. The van der Waals surface area contributed by atoms with Gasteiger partial charge in [0.05, 0.1) is 5.69 Å². The molecule has 12 heavy (non-hydrogen) atoms. The second-order valence-corrected chi connectivity index (χ2v) is 2.61. The van der Waals surface area contributed by atoms with Gasteiger partial charge in [-0.25, -0.2) is 4.39 Å². The number of hydrogen-bond acceptors (Lipinski definition) is 3. The quantitative estimate of drug-likeness (QED) is 0.573. The summed E-state index contributed by atoms with van der Waals surface area (Å²) in [6, 6.07) is 1.35. The molecule has 2 rings (SSSR count). The van der Waals surface area contributed by atoms with Crippen LogP contribution in [0.2, 0.25) is 0 Å². The fraction of sp³-hybridized carbons (Fsp3) is 0.143. The monoisotopic (exact) mass is 166 g/mol. The summed E-state index contributed by atoms with van der Waals surface area (Å²) in [4.78, 5) is 0. The maximum atomic E-state index is 13.0. The lowest BCUT2D eigenvalue weighted by molar-refractivity contribution is 0.633. The van der Waals surface area contributed by atoms with Crippen LogP contribution in [0.1, 0.15) is 5.56 Å². The van der Waals surface area contributed by atoms with Gasteiger partial charge in [-0.3, -0.25) is 0 Å². The average Bonchev–Trinajstić information content (AvgIpc) is 2.48. The van der Waals surface area contributed by atoms with Gasteiger partial charge in [-0.15, -0.1) is 0 Å². The fourth-order valence-corrected chi connectivity index (χ4v) is 1.14. The van der Waals surface area contributed by atoms with Gasteiger partial charge >= 0.3 is 0 Å². The Balaban J connectivity index is 2.97. The van der Waals surface area contributed by atoms with Crippen molar-refractivity contribution in [2.24, 2.45) is 0 Å². The standard InChI is InChI=1S/C7H7FN4/c1-3-2-4(8)5(9)7-6(3)10-12-11-7/h2H,9H2,1H3,(H,10,11,12). The highest BCUT2D eigenvalue weighted by atomic mass is 19.1. The molecule has 0 saturated heterocycles. The molecule has 3 N–H and O–H groups in total. The Labute approximate surface area is 67.6 Å². The highest BCUT2D eigenvalue weighted by molar-refractivity contribution is 5.88. The van der Waals surface area contributed by atoms with Crippen LogP contribution in [0, 0.1) is 12.7 Å². The number of fused-ring (bicyclic) bond motifs is 1. The van der Waals surface area contributed by atoms with Crippen LogP contribution in [0.25, 0.3) is 11.0 Å². The number of aryl methyl sites for hydroxylation is 1. The van der Waals surface area contributed by atoms with Crippen LogP contribution in [-0.2, 0) is 0 Å². The Hall–Kier alpha value is -1.65. The van der Waals surface area contributed by atoms with E-state index < -0.39 is 5.82 Å². The predicted molar refractivity (Wildman–Crippen MR) is 43.0 cm³/mol. The molecule has 5 heteroatoms. The van der Waals surface area contributed by atoms with Gasteiger partial charge in [0.15, 0.2) is 0 Å². The minimum Gasteiger partial charge on any atom is -0.394 e. The molecule has 4 nitrogen and oxygen atoms in total. The molecule has 62 valence electrons. The summed E-state index contributed by atoms with van der Waals surface area (Å²) < 4.78 is 13.0. The maximum absolute atomic E-state index is 13.0. The van der Waals surface area contributed by atoms with Gasteiger partial charge in [0.1, 0.15) is 16.9 Å². The van der Waals surface area contributed by atoms with Crippen LogP contribution in [-0.4, -0.2) is 15.4 Å². The fourth-order valence-electron chi connectivity index (χ4n) is 1.14. The molecule has 0 aliphatic carbocycles. The minimum atomic E-state index is -0.450. The zero-order valence-corrected chi connectivity index (χ0v) is 6.43. The normalized spacial score (nSPS) is 10.8. The molecule has 0 unspecified atom stereocenters. The molecule has 0 aliphatic rings. The predicted octanol–water partition coefficient (Wildman–Crippen LogP) is 0.988. The van der Waals surface area contributed by atoms with Gasteiger partial charge < -0.3 is 5.73 Å². The van der Waals surface area contributed by atoms with Crippen molar-refractivity contribution in [2.75, 3.05) is 5.73 Å². The van der Waals surface area contributed by atoms with E-state index in [-0.39, 0.29) is 5.69 Å². The number of nitrogens with one attached hydrogen (secondary N) is 1. The third kappa shape index (κ3) is 0.761. The number of rotatable bonds is 0. The zero-order chi connectivity index (χ0) is 8.72. The van der Waals surface area contributed by atoms with Crippen LogP contribution in [0.4, 0.5) is 10.1 Å². The molecular weight excluding hydrogens is 159 g/mol. The van der Waals surface area contributed by atoms with Crippen LogP contribution < -0.4 is 5.73 Å². The first-order valence-electron chi connectivity index (χ1n) is 3.45. The summed E-state index contributed by atoms with van der Waals surface area (Å²) in [6.45, 7) is 1.76. The highest BCUT2D eigenvalue weighted by Gasteiger charge is 2.09. The van der Waals surface area contributed by atoms with E-state index in [2.05, 4.69) is 15.4 Å². The second-order valence-electron chi connectivity index (χ2n) is 2.61. The number of aromatic amines is 1. The Kier molecular flexibility index (Phi) is 1.27. The van der Waals surface area contributed by atoms with Crippen molar-refractivity contribution < 1.29 is 4.39 Å². The first-order valence-corrected chi connectivity index (χ1v) is 3.45. The molecule has 0 fully saturated rings. The lowest BCUT2D eigenvalue weighted by Gasteiger charge is -1.98. The van der Waals surface area contributed by atoms with Crippen molar-refractivity contribution in [3.05, 3.63) is 17.4 Å². The Morgan fingerprint density at radius 1 is 1.42 bits per heavy atom.